The third-order valence-corrected chi connectivity index (χ3v) is 2.61. The molecule has 7 nitrogen and oxygen atoms in total. The van der Waals surface area contributed by atoms with Gasteiger partial charge in [-0.25, -0.2) is 4.79 Å². The van der Waals surface area contributed by atoms with E-state index in [2.05, 4.69) is 10.1 Å². The van der Waals surface area contributed by atoms with Gasteiger partial charge < -0.3 is 20.5 Å². The second kappa shape index (κ2) is 10.4. The van der Waals surface area contributed by atoms with E-state index >= 15 is 0 Å². The maximum absolute atomic E-state index is 11.5. The molecule has 0 saturated carbocycles. The van der Waals surface area contributed by atoms with Gasteiger partial charge in [0.25, 0.3) is 0 Å². The molecule has 0 fully saturated rings. The highest BCUT2D eigenvalue weighted by molar-refractivity contribution is 5.71. The number of nitrogens with one attached hydrogen (secondary N) is 1. The molecule has 0 aromatic heterocycles. The lowest BCUT2D eigenvalue weighted by molar-refractivity contribution is -0.141. The Labute approximate surface area is 127 Å². The number of nitrogens with two attached hydrogens (primary N) is 1. The quantitative estimate of drug-likeness (QED) is 0.481. The van der Waals surface area contributed by atoms with Crippen molar-refractivity contribution in [2.75, 3.05) is 39.8 Å². The molecule has 0 rings (SSSR count). The third-order valence-electron chi connectivity index (χ3n) is 2.61. The minimum Gasteiger partial charge on any atom is -0.468 e. The standard InChI is InChI=1S/C14H29N3O4/c1-14(2,3)21-13(19)16-8-10-17(9-6-5-7-15)11-12(18)20-4/h5-11,15H2,1-4H3,(H,16,19). The van der Waals surface area contributed by atoms with E-state index in [0.717, 1.165) is 19.4 Å². The summed E-state index contributed by atoms with van der Waals surface area (Å²) in [7, 11) is 1.36. The largest absolute Gasteiger partial charge is 0.468 e. The van der Waals surface area contributed by atoms with Crippen molar-refractivity contribution >= 4 is 12.1 Å². The molecule has 0 aliphatic carbocycles. The Morgan fingerprint density at radius 2 is 1.86 bits per heavy atom. The minimum atomic E-state index is -0.517. The summed E-state index contributed by atoms with van der Waals surface area (Å²) in [5.74, 6) is -0.292. The van der Waals surface area contributed by atoms with E-state index in [1.54, 1.807) is 0 Å². The summed E-state index contributed by atoms with van der Waals surface area (Å²) in [6, 6.07) is 0. The fourth-order valence-corrected chi connectivity index (χ4v) is 1.63. The van der Waals surface area contributed by atoms with Gasteiger partial charge in [0.15, 0.2) is 0 Å². The van der Waals surface area contributed by atoms with Crippen LogP contribution in [0, 0.1) is 0 Å². The maximum atomic E-state index is 11.5. The lowest BCUT2D eigenvalue weighted by Crippen LogP contribution is -2.40. The molecule has 0 bridgehead atoms. The molecule has 7 heteroatoms. The molecule has 0 saturated heterocycles. The average Bonchev–Trinajstić information content (AvgIpc) is 2.36. The predicted octanol–water partition coefficient (Wildman–Crippen LogP) is 0.725. The number of carbonyl (C=O) groups excluding carboxylic acids is 2. The number of rotatable bonds is 9. The lowest BCUT2D eigenvalue weighted by Gasteiger charge is -2.22. The summed E-state index contributed by atoms with van der Waals surface area (Å²) >= 11 is 0. The smallest absolute Gasteiger partial charge is 0.407 e. The van der Waals surface area contributed by atoms with Crippen LogP contribution in [0.25, 0.3) is 0 Å². The van der Waals surface area contributed by atoms with Crippen LogP contribution < -0.4 is 11.1 Å². The third kappa shape index (κ3) is 12.1. The highest BCUT2D eigenvalue weighted by Gasteiger charge is 2.16. The first kappa shape index (κ1) is 19.7. The zero-order valence-corrected chi connectivity index (χ0v) is 13.6. The summed E-state index contributed by atoms with van der Waals surface area (Å²) in [5, 5.41) is 2.67. The van der Waals surface area contributed by atoms with Crippen LogP contribution in [0.4, 0.5) is 4.79 Å². The topological polar surface area (TPSA) is 93.9 Å². The van der Waals surface area contributed by atoms with Crippen LogP contribution in [0.1, 0.15) is 33.6 Å². The Balaban J connectivity index is 4.09. The number of ether oxygens (including phenoxy) is 2. The minimum absolute atomic E-state index is 0.205. The van der Waals surface area contributed by atoms with Gasteiger partial charge in [0, 0.05) is 13.1 Å². The maximum Gasteiger partial charge on any atom is 0.407 e. The van der Waals surface area contributed by atoms with Crippen molar-refractivity contribution in [3.63, 3.8) is 0 Å². The second-order valence-corrected chi connectivity index (χ2v) is 5.78. The first-order chi connectivity index (χ1) is 9.78. The Bertz CT molecular complexity index is 316. The van der Waals surface area contributed by atoms with Crippen LogP contribution in [0.3, 0.4) is 0 Å². The number of methoxy groups -OCH3 is 1. The molecule has 0 aromatic rings. The molecule has 21 heavy (non-hydrogen) atoms. The molecule has 0 radical (unpaired) electrons. The molecule has 3 N–H and O–H groups in total. The number of esters is 1. The van der Waals surface area contributed by atoms with Crippen molar-refractivity contribution in [2.45, 2.75) is 39.2 Å². The van der Waals surface area contributed by atoms with Crippen molar-refractivity contribution in [3.05, 3.63) is 0 Å². The van der Waals surface area contributed by atoms with Gasteiger partial charge in [-0.2, -0.15) is 0 Å². The zero-order chi connectivity index (χ0) is 16.3. The van der Waals surface area contributed by atoms with Crippen molar-refractivity contribution in [2.24, 2.45) is 5.73 Å². The number of alkyl carbamates (subject to hydrolysis) is 1. The molecule has 0 aromatic carbocycles. The van der Waals surface area contributed by atoms with Crippen molar-refractivity contribution in [3.8, 4) is 0 Å². The van der Waals surface area contributed by atoms with Crippen LogP contribution >= 0.6 is 0 Å². The SMILES string of the molecule is COC(=O)CN(CCCCN)CCNC(=O)OC(C)(C)C. The Morgan fingerprint density at radius 1 is 1.19 bits per heavy atom. The van der Waals surface area contributed by atoms with Crippen molar-refractivity contribution < 1.29 is 19.1 Å². The predicted molar refractivity (Wildman–Crippen MR) is 81.0 cm³/mol. The van der Waals surface area contributed by atoms with Gasteiger partial charge in [-0.3, -0.25) is 9.69 Å². The van der Waals surface area contributed by atoms with E-state index in [1.807, 2.05) is 25.7 Å². The normalized spacial score (nSPS) is 11.3. The fourth-order valence-electron chi connectivity index (χ4n) is 1.63. The number of carbonyl (C=O) groups is 2. The monoisotopic (exact) mass is 303 g/mol. The van der Waals surface area contributed by atoms with E-state index < -0.39 is 11.7 Å². The molecule has 0 heterocycles. The van der Waals surface area contributed by atoms with Gasteiger partial charge in [0.05, 0.1) is 13.7 Å². The van der Waals surface area contributed by atoms with Crippen molar-refractivity contribution in [1.29, 1.82) is 0 Å². The Kier molecular flexibility index (Phi) is 9.73. The van der Waals surface area contributed by atoms with E-state index in [9.17, 15) is 9.59 Å². The molecule has 0 aliphatic heterocycles. The second-order valence-electron chi connectivity index (χ2n) is 5.78. The van der Waals surface area contributed by atoms with E-state index in [4.69, 9.17) is 10.5 Å². The first-order valence-electron chi connectivity index (χ1n) is 7.24. The molecular formula is C14H29N3O4. The molecule has 0 aliphatic rings. The van der Waals surface area contributed by atoms with Crippen LogP contribution in [-0.2, 0) is 14.3 Å². The summed E-state index contributed by atoms with van der Waals surface area (Å²) in [6.07, 6.45) is 1.35. The molecule has 0 atom stereocenters. The average molecular weight is 303 g/mol. The summed E-state index contributed by atoms with van der Waals surface area (Å²) in [4.78, 5) is 24.8. The highest BCUT2D eigenvalue weighted by Crippen LogP contribution is 2.06. The van der Waals surface area contributed by atoms with Crippen molar-refractivity contribution in [1.82, 2.24) is 10.2 Å². The van der Waals surface area contributed by atoms with Crippen LogP contribution in [0.15, 0.2) is 0 Å². The summed E-state index contributed by atoms with van der Waals surface area (Å²) < 4.78 is 9.81. The molecular weight excluding hydrogens is 274 g/mol. The van der Waals surface area contributed by atoms with Gasteiger partial charge in [-0.1, -0.05) is 0 Å². The van der Waals surface area contributed by atoms with E-state index in [0.29, 0.717) is 19.6 Å². The number of amides is 1. The molecule has 124 valence electrons. The Morgan fingerprint density at radius 3 is 2.38 bits per heavy atom. The van der Waals surface area contributed by atoms with Crippen LogP contribution in [0.2, 0.25) is 0 Å². The van der Waals surface area contributed by atoms with Crippen LogP contribution in [0.5, 0.6) is 0 Å². The summed E-state index contributed by atoms with van der Waals surface area (Å²) in [6.45, 7) is 7.96. The molecule has 0 unspecified atom stereocenters. The number of hydrogen-bond acceptors (Lipinski definition) is 6. The van der Waals surface area contributed by atoms with Crippen LogP contribution in [-0.4, -0.2) is 62.4 Å². The van der Waals surface area contributed by atoms with E-state index in [1.165, 1.54) is 7.11 Å². The summed E-state index contributed by atoms with van der Waals surface area (Å²) in [5.41, 5.74) is 4.94. The Hall–Kier alpha value is -1.34. The van der Waals surface area contributed by atoms with Gasteiger partial charge >= 0.3 is 12.1 Å². The van der Waals surface area contributed by atoms with Gasteiger partial charge in [0.1, 0.15) is 5.60 Å². The fraction of sp³-hybridized carbons (Fsp3) is 0.857. The zero-order valence-electron chi connectivity index (χ0n) is 13.6. The van der Waals surface area contributed by atoms with Gasteiger partial charge in [0.2, 0.25) is 0 Å². The highest BCUT2D eigenvalue weighted by atomic mass is 16.6. The lowest BCUT2D eigenvalue weighted by atomic mass is 10.2. The number of unbranched alkanes of at least 4 members (excludes halogenated alkanes) is 1. The number of hydrogen-bond donors (Lipinski definition) is 2. The van der Waals surface area contributed by atoms with E-state index in [-0.39, 0.29) is 12.5 Å². The molecule has 1 amide bonds. The first-order valence-corrected chi connectivity index (χ1v) is 7.24. The van der Waals surface area contributed by atoms with Gasteiger partial charge in [-0.15, -0.1) is 0 Å². The van der Waals surface area contributed by atoms with Gasteiger partial charge in [-0.05, 0) is 46.7 Å². The number of nitrogens with zero attached hydrogens (tertiary/aromatic N) is 1. The molecule has 0 spiro atoms.